The summed E-state index contributed by atoms with van der Waals surface area (Å²) in [6.45, 7) is 10.00. The predicted octanol–water partition coefficient (Wildman–Crippen LogP) is 3.92. The Bertz CT molecular complexity index is 558. The predicted molar refractivity (Wildman–Crippen MR) is 84.2 cm³/mol. The molecule has 1 N–H and O–H groups in total. The van der Waals surface area contributed by atoms with Crippen LogP contribution in [0.1, 0.15) is 36.2 Å². The van der Waals surface area contributed by atoms with Gasteiger partial charge in [-0.1, -0.05) is 0 Å². The van der Waals surface area contributed by atoms with Gasteiger partial charge in [-0.2, -0.15) is 0 Å². The Labute approximate surface area is 125 Å². The average molecular weight is 290 g/mol. The molecule has 3 nitrogen and oxygen atoms in total. The van der Waals surface area contributed by atoms with Crippen LogP contribution in [0.4, 0.5) is 0 Å². The average Bonchev–Trinajstić information content (AvgIpc) is 2.83. The maximum atomic E-state index is 5.81. The smallest absolute Gasteiger partial charge is 0.141 e. The number of ether oxygens (including phenoxy) is 1. The summed E-state index contributed by atoms with van der Waals surface area (Å²) in [7, 11) is 0. The van der Waals surface area contributed by atoms with Crippen molar-refractivity contribution in [3.05, 3.63) is 45.9 Å². The lowest BCUT2D eigenvalue weighted by molar-refractivity contribution is 0.306. The number of aromatic nitrogens is 1. The summed E-state index contributed by atoms with van der Waals surface area (Å²) in [6, 6.07) is 8.15. The highest BCUT2D eigenvalue weighted by Gasteiger charge is 2.09. The zero-order valence-corrected chi connectivity index (χ0v) is 13.4. The minimum Gasteiger partial charge on any atom is -0.486 e. The maximum absolute atomic E-state index is 5.81. The normalized spacial score (nSPS) is 11.6. The van der Waals surface area contributed by atoms with Crippen LogP contribution >= 0.6 is 11.3 Å². The van der Waals surface area contributed by atoms with E-state index in [2.05, 4.69) is 43.2 Å². The first kappa shape index (κ1) is 15.0. The molecular weight excluding hydrogens is 268 g/mol. The highest BCUT2D eigenvalue weighted by atomic mass is 32.1. The van der Waals surface area contributed by atoms with Crippen LogP contribution in [-0.4, -0.2) is 10.5 Å². The van der Waals surface area contributed by atoms with E-state index in [1.807, 2.05) is 19.1 Å². The molecule has 0 aromatic carbocycles. The number of aryl methyl sites for hydroxylation is 1. The second-order valence-electron chi connectivity index (χ2n) is 5.85. The van der Waals surface area contributed by atoms with Crippen LogP contribution in [0, 0.1) is 6.92 Å². The van der Waals surface area contributed by atoms with Crippen molar-refractivity contribution in [2.45, 2.75) is 46.4 Å². The quantitative estimate of drug-likeness (QED) is 0.906. The number of rotatable bonds is 5. The molecule has 0 aliphatic rings. The van der Waals surface area contributed by atoms with Gasteiger partial charge in [0.1, 0.15) is 12.4 Å². The molecule has 4 heteroatoms. The number of hydrogen-bond acceptors (Lipinski definition) is 4. The van der Waals surface area contributed by atoms with E-state index in [0.717, 1.165) is 18.0 Å². The Kier molecular flexibility index (Phi) is 4.78. The Hall–Kier alpha value is -1.39. The Morgan fingerprint density at radius 3 is 2.65 bits per heavy atom. The van der Waals surface area contributed by atoms with E-state index in [-0.39, 0.29) is 5.54 Å². The zero-order chi connectivity index (χ0) is 14.6. The van der Waals surface area contributed by atoms with Crippen LogP contribution in [0.15, 0.2) is 30.5 Å². The molecule has 108 valence electrons. The molecule has 2 aromatic heterocycles. The SMILES string of the molecule is Cc1ncccc1OCc1ccc(CNC(C)(C)C)s1. The third-order valence-corrected chi connectivity index (χ3v) is 3.90. The van der Waals surface area contributed by atoms with Gasteiger partial charge in [-0.05, 0) is 52.0 Å². The van der Waals surface area contributed by atoms with Crippen molar-refractivity contribution in [2.75, 3.05) is 0 Å². The van der Waals surface area contributed by atoms with E-state index in [1.54, 1.807) is 17.5 Å². The van der Waals surface area contributed by atoms with Crippen LogP contribution in [0.25, 0.3) is 0 Å². The Balaban J connectivity index is 1.89. The number of thiophene rings is 1. The minimum atomic E-state index is 0.146. The number of nitrogens with one attached hydrogen (secondary N) is 1. The fourth-order valence-electron chi connectivity index (χ4n) is 1.72. The second-order valence-corrected chi connectivity index (χ2v) is 7.10. The van der Waals surface area contributed by atoms with Gasteiger partial charge in [0.05, 0.1) is 5.69 Å². The molecule has 0 spiro atoms. The van der Waals surface area contributed by atoms with Gasteiger partial charge < -0.3 is 10.1 Å². The van der Waals surface area contributed by atoms with Gasteiger partial charge in [0.2, 0.25) is 0 Å². The molecule has 0 unspecified atom stereocenters. The molecule has 0 bridgehead atoms. The van der Waals surface area contributed by atoms with Gasteiger partial charge in [0, 0.05) is 28.0 Å². The van der Waals surface area contributed by atoms with Crippen molar-refractivity contribution in [1.82, 2.24) is 10.3 Å². The van der Waals surface area contributed by atoms with Crippen molar-refractivity contribution in [2.24, 2.45) is 0 Å². The summed E-state index contributed by atoms with van der Waals surface area (Å²) in [5.41, 5.74) is 1.08. The molecule has 0 fully saturated rings. The highest BCUT2D eigenvalue weighted by Crippen LogP contribution is 2.21. The van der Waals surface area contributed by atoms with Gasteiger partial charge >= 0.3 is 0 Å². The van der Waals surface area contributed by atoms with Crippen molar-refractivity contribution < 1.29 is 4.74 Å². The van der Waals surface area contributed by atoms with Crippen LogP contribution in [0.2, 0.25) is 0 Å². The van der Waals surface area contributed by atoms with Crippen LogP contribution < -0.4 is 10.1 Å². The third-order valence-electron chi connectivity index (χ3n) is 2.84. The Morgan fingerprint density at radius 2 is 1.95 bits per heavy atom. The molecule has 0 atom stereocenters. The fourth-order valence-corrected chi connectivity index (χ4v) is 2.59. The number of pyridine rings is 1. The summed E-state index contributed by atoms with van der Waals surface area (Å²) in [4.78, 5) is 6.79. The molecule has 0 saturated heterocycles. The van der Waals surface area contributed by atoms with Gasteiger partial charge in [0.15, 0.2) is 0 Å². The fraction of sp³-hybridized carbons (Fsp3) is 0.438. The molecule has 0 radical (unpaired) electrons. The van der Waals surface area contributed by atoms with Crippen molar-refractivity contribution in [1.29, 1.82) is 0 Å². The molecule has 2 heterocycles. The minimum absolute atomic E-state index is 0.146. The van der Waals surface area contributed by atoms with Gasteiger partial charge in [-0.15, -0.1) is 11.3 Å². The van der Waals surface area contributed by atoms with Crippen molar-refractivity contribution >= 4 is 11.3 Å². The lowest BCUT2D eigenvalue weighted by atomic mass is 10.1. The van der Waals surface area contributed by atoms with Gasteiger partial charge in [-0.25, -0.2) is 0 Å². The summed E-state index contributed by atoms with van der Waals surface area (Å²) < 4.78 is 5.81. The summed E-state index contributed by atoms with van der Waals surface area (Å²) in [6.07, 6.45) is 1.78. The first-order chi connectivity index (χ1) is 9.44. The van der Waals surface area contributed by atoms with E-state index in [1.165, 1.54) is 9.75 Å². The summed E-state index contributed by atoms with van der Waals surface area (Å²) in [5.74, 6) is 0.857. The van der Waals surface area contributed by atoms with E-state index < -0.39 is 0 Å². The molecule has 20 heavy (non-hydrogen) atoms. The zero-order valence-electron chi connectivity index (χ0n) is 12.6. The first-order valence-corrected chi connectivity index (χ1v) is 7.63. The van der Waals surface area contributed by atoms with Gasteiger partial charge in [0.25, 0.3) is 0 Å². The molecule has 0 amide bonds. The molecule has 0 aliphatic carbocycles. The standard InChI is InChI=1S/C16H22N2OS/c1-12-15(6-5-9-17-12)19-11-14-8-7-13(20-14)10-18-16(2,3)4/h5-9,18H,10-11H2,1-4H3. The van der Waals surface area contributed by atoms with E-state index in [4.69, 9.17) is 4.74 Å². The second kappa shape index (κ2) is 6.37. The van der Waals surface area contributed by atoms with Crippen molar-refractivity contribution in [3.8, 4) is 5.75 Å². The Morgan fingerprint density at radius 1 is 1.20 bits per heavy atom. The lowest BCUT2D eigenvalue weighted by Crippen LogP contribution is -2.34. The van der Waals surface area contributed by atoms with E-state index >= 15 is 0 Å². The molecule has 2 rings (SSSR count). The van der Waals surface area contributed by atoms with Crippen LogP contribution in [-0.2, 0) is 13.2 Å². The third kappa shape index (κ3) is 4.62. The van der Waals surface area contributed by atoms with Crippen LogP contribution in [0.3, 0.4) is 0 Å². The first-order valence-electron chi connectivity index (χ1n) is 6.81. The largest absolute Gasteiger partial charge is 0.486 e. The van der Waals surface area contributed by atoms with E-state index in [9.17, 15) is 0 Å². The van der Waals surface area contributed by atoms with Crippen LogP contribution in [0.5, 0.6) is 5.75 Å². The van der Waals surface area contributed by atoms with E-state index in [0.29, 0.717) is 6.61 Å². The highest BCUT2D eigenvalue weighted by molar-refractivity contribution is 7.11. The van der Waals surface area contributed by atoms with Gasteiger partial charge in [-0.3, -0.25) is 4.98 Å². The van der Waals surface area contributed by atoms with Crippen molar-refractivity contribution in [3.63, 3.8) is 0 Å². The maximum Gasteiger partial charge on any atom is 0.141 e. The molecule has 2 aromatic rings. The number of nitrogens with zero attached hydrogens (tertiary/aromatic N) is 1. The monoisotopic (exact) mass is 290 g/mol. The molecule has 0 saturated carbocycles. The summed E-state index contributed by atoms with van der Waals surface area (Å²) in [5, 5.41) is 3.49. The lowest BCUT2D eigenvalue weighted by Gasteiger charge is -2.19. The summed E-state index contributed by atoms with van der Waals surface area (Å²) >= 11 is 1.79. The number of hydrogen-bond donors (Lipinski definition) is 1. The molecular formula is C16H22N2OS. The molecule has 0 aliphatic heterocycles. The topological polar surface area (TPSA) is 34.1 Å².